The predicted molar refractivity (Wildman–Crippen MR) is 120 cm³/mol. The molecule has 4 atom stereocenters. The van der Waals surface area contributed by atoms with Crippen LogP contribution in [0, 0.1) is 0 Å². The lowest BCUT2D eigenvalue weighted by Crippen LogP contribution is -2.57. The summed E-state index contributed by atoms with van der Waals surface area (Å²) in [6, 6.07) is -4.63. The zero-order valence-electron chi connectivity index (χ0n) is 18.0. The van der Waals surface area contributed by atoms with E-state index in [0.29, 0.717) is 12.8 Å². The first kappa shape index (κ1) is 28.0. The Morgan fingerprint density at radius 3 is 2.33 bits per heavy atom. The third-order valence-electron chi connectivity index (χ3n) is 4.93. The average molecular weight is 490 g/mol. The van der Waals surface area contributed by atoms with Crippen LogP contribution in [-0.4, -0.2) is 93.7 Å². The quantitative estimate of drug-likeness (QED) is 0.0557. The number of nitrogens with one attached hydrogen (secondary N) is 2. The molecule has 0 aromatic carbocycles. The van der Waals surface area contributed by atoms with Crippen LogP contribution in [0.5, 0.6) is 0 Å². The highest BCUT2D eigenvalue weighted by Crippen LogP contribution is 2.20. The number of guanidine groups is 1. The number of nitrogens with two attached hydrogens (primary N) is 3. The minimum atomic E-state index is -1.64. The van der Waals surface area contributed by atoms with Gasteiger partial charge < -0.3 is 42.9 Å². The van der Waals surface area contributed by atoms with E-state index in [-0.39, 0.29) is 37.6 Å². The van der Waals surface area contributed by atoms with Gasteiger partial charge in [-0.25, -0.2) is 4.79 Å². The number of hydrogen-bond donors (Lipinski definition) is 8. The molecule has 1 fully saturated rings. The molecule has 3 amide bonds. The Bertz CT molecular complexity index is 775. The molecule has 1 rings (SSSR count). The summed E-state index contributed by atoms with van der Waals surface area (Å²) in [5.74, 6) is -4.91. The molecule has 0 saturated carbocycles. The zero-order valence-corrected chi connectivity index (χ0v) is 18.9. The molecule has 1 aliphatic heterocycles. The second kappa shape index (κ2) is 13.5. The maximum Gasteiger partial charge on any atom is 0.326 e. The van der Waals surface area contributed by atoms with E-state index >= 15 is 0 Å². The number of carboxylic acid groups (broad SMARTS) is 2. The van der Waals surface area contributed by atoms with Crippen molar-refractivity contribution in [2.75, 3.05) is 18.8 Å². The first-order valence-electron chi connectivity index (χ1n) is 10.3. The summed E-state index contributed by atoms with van der Waals surface area (Å²) < 4.78 is 0. The standard InChI is InChI=1S/C18H31N7O7S/c19-9(8-33)14(28)23-10(3-1-5-22-18(20)21)16(30)25-6-2-4-12(25)15(29)24-11(17(31)32)7-13(26)27/h9-12,33H,1-8,19H2,(H,23,28)(H,24,29)(H,26,27)(H,31,32)(H4,20,21,22). The molecule has 0 aliphatic carbocycles. The molecule has 0 radical (unpaired) electrons. The van der Waals surface area contributed by atoms with Crippen LogP contribution < -0.4 is 27.8 Å². The van der Waals surface area contributed by atoms with Crippen molar-refractivity contribution in [2.45, 2.75) is 56.3 Å². The van der Waals surface area contributed by atoms with Crippen molar-refractivity contribution in [2.24, 2.45) is 22.2 Å². The van der Waals surface area contributed by atoms with Crippen molar-refractivity contribution < 1.29 is 34.2 Å². The van der Waals surface area contributed by atoms with Gasteiger partial charge in [0.25, 0.3) is 0 Å². The SMILES string of the molecule is NC(N)=NCCCC(NC(=O)C(N)CS)C(=O)N1CCCC1C(=O)NC(CC(=O)O)C(=O)O. The number of amides is 3. The minimum Gasteiger partial charge on any atom is -0.481 e. The third-order valence-corrected chi connectivity index (χ3v) is 5.32. The average Bonchev–Trinajstić information content (AvgIpc) is 3.23. The molecule has 14 nitrogen and oxygen atoms in total. The van der Waals surface area contributed by atoms with Gasteiger partial charge in [0.2, 0.25) is 17.7 Å². The van der Waals surface area contributed by atoms with Gasteiger partial charge in [-0.05, 0) is 25.7 Å². The molecule has 10 N–H and O–H groups in total. The van der Waals surface area contributed by atoms with Crippen LogP contribution in [0.4, 0.5) is 0 Å². The highest BCUT2D eigenvalue weighted by atomic mass is 32.1. The van der Waals surface area contributed by atoms with E-state index < -0.39 is 60.2 Å². The fourth-order valence-corrected chi connectivity index (χ4v) is 3.43. The maximum atomic E-state index is 13.2. The Labute approximate surface area is 195 Å². The molecular weight excluding hydrogens is 458 g/mol. The molecule has 1 aliphatic rings. The minimum absolute atomic E-state index is 0.0512. The molecule has 0 aromatic rings. The zero-order chi connectivity index (χ0) is 25.1. The monoisotopic (exact) mass is 489 g/mol. The summed E-state index contributed by atoms with van der Waals surface area (Å²) in [6.45, 7) is 0.409. The van der Waals surface area contributed by atoms with Gasteiger partial charge in [0, 0.05) is 18.8 Å². The first-order valence-corrected chi connectivity index (χ1v) is 10.9. The number of aliphatic imine (C=N–C) groups is 1. The summed E-state index contributed by atoms with van der Waals surface area (Å²) in [7, 11) is 0. The van der Waals surface area contributed by atoms with Gasteiger partial charge in [-0.3, -0.25) is 24.2 Å². The molecule has 4 unspecified atom stereocenters. The van der Waals surface area contributed by atoms with Crippen molar-refractivity contribution >= 4 is 48.2 Å². The molecule has 33 heavy (non-hydrogen) atoms. The summed E-state index contributed by atoms with van der Waals surface area (Å²) in [5, 5.41) is 22.7. The van der Waals surface area contributed by atoms with Crippen molar-refractivity contribution in [1.82, 2.24) is 15.5 Å². The second-order valence-corrected chi connectivity index (χ2v) is 7.85. The number of nitrogens with zero attached hydrogens (tertiary/aromatic N) is 2. The van der Waals surface area contributed by atoms with Crippen molar-refractivity contribution in [3.05, 3.63) is 0 Å². The van der Waals surface area contributed by atoms with Gasteiger partial charge in [-0.15, -0.1) is 0 Å². The van der Waals surface area contributed by atoms with Gasteiger partial charge in [0.05, 0.1) is 12.5 Å². The topological polar surface area (TPSA) is 244 Å². The number of carboxylic acids is 2. The second-order valence-electron chi connectivity index (χ2n) is 7.49. The molecule has 1 saturated heterocycles. The lowest BCUT2D eigenvalue weighted by atomic mass is 10.1. The number of thiol groups is 1. The normalized spacial score (nSPS) is 18.0. The van der Waals surface area contributed by atoms with Gasteiger partial charge in [0.15, 0.2) is 5.96 Å². The van der Waals surface area contributed by atoms with Crippen molar-refractivity contribution in [1.29, 1.82) is 0 Å². The van der Waals surface area contributed by atoms with Gasteiger partial charge in [-0.1, -0.05) is 0 Å². The molecular formula is C18H31N7O7S. The maximum absolute atomic E-state index is 13.2. The van der Waals surface area contributed by atoms with Crippen LogP contribution in [0.2, 0.25) is 0 Å². The van der Waals surface area contributed by atoms with Crippen LogP contribution >= 0.6 is 12.6 Å². The smallest absolute Gasteiger partial charge is 0.326 e. The number of aliphatic carboxylic acids is 2. The Hall–Kier alpha value is -3.07. The van der Waals surface area contributed by atoms with E-state index in [2.05, 4.69) is 28.3 Å². The summed E-state index contributed by atoms with van der Waals surface area (Å²) in [4.78, 5) is 65.3. The molecule has 15 heteroatoms. The third kappa shape index (κ3) is 9.13. The van der Waals surface area contributed by atoms with Crippen LogP contribution in [-0.2, 0) is 24.0 Å². The number of hydrogen-bond acceptors (Lipinski definition) is 8. The lowest BCUT2D eigenvalue weighted by Gasteiger charge is -2.29. The number of rotatable bonds is 13. The fourth-order valence-electron chi connectivity index (χ4n) is 3.27. The summed E-state index contributed by atoms with van der Waals surface area (Å²) >= 11 is 3.97. The van der Waals surface area contributed by atoms with Crippen LogP contribution in [0.1, 0.15) is 32.1 Å². The number of carbonyl (C=O) groups excluding carboxylic acids is 3. The molecule has 0 aromatic heterocycles. The van der Waals surface area contributed by atoms with Crippen LogP contribution in [0.15, 0.2) is 4.99 Å². The van der Waals surface area contributed by atoms with Gasteiger partial charge in [-0.2, -0.15) is 12.6 Å². The number of carbonyl (C=O) groups is 5. The molecule has 1 heterocycles. The highest BCUT2D eigenvalue weighted by molar-refractivity contribution is 7.80. The Morgan fingerprint density at radius 1 is 1.12 bits per heavy atom. The first-order chi connectivity index (χ1) is 15.5. The Balaban J connectivity index is 2.96. The largest absolute Gasteiger partial charge is 0.481 e. The van der Waals surface area contributed by atoms with Gasteiger partial charge >= 0.3 is 11.9 Å². The Kier molecular flexibility index (Phi) is 11.4. The van der Waals surface area contributed by atoms with E-state index in [1.165, 1.54) is 4.90 Å². The highest BCUT2D eigenvalue weighted by Gasteiger charge is 2.39. The lowest BCUT2D eigenvalue weighted by molar-refractivity contribution is -0.148. The van der Waals surface area contributed by atoms with Crippen LogP contribution in [0.25, 0.3) is 0 Å². The van der Waals surface area contributed by atoms with E-state index in [4.69, 9.17) is 27.4 Å². The number of likely N-dealkylation sites (tertiary alicyclic amines) is 1. The predicted octanol–water partition coefficient (Wildman–Crippen LogP) is -3.18. The van der Waals surface area contributed by atoms with E-state index in [0.717, 1.165) is 0 Å². The summed E-state index contributed by atoms with van der Waals surface area (Å²) in [6.07, 6.45) is 0.400. The van der Waals surface area contributed by atoms with E-state index in [1.54, 1.807) is 0 Å². The molecule has 0 bridgehead atoms. The van der Waals surface area contributed by atoms with E-state index in [1.807, 2.05) is 0 Å². The summed E-state index contributed by atoms with van der Waals surface area (Å²) in [5.41, 5.74) is 16.2. The van der Waals surface area contributed by atoms with E-state index in [9.17, 15) is 24.0 Å². The van der Waals surface area contributed by atoms with Crippen molar-refractivity contribution in [3.8, 4) is 0 Å². The van der Waals surface area contributed by atoms with Gasteiger partial charge in [0.1, 0.15) is 18.1 Å². The van der Waals surface area contributed by atoms with Crippen molar-refractivity contribution in [3.63, 3.8) is 0 Å². The Morgan fingerprint density at radius 2 is 1.79 bits per heavy atom. The molecule has 0 spiro atoms. The fraction of sp³-hybridized carbons (Fsp3) is 0.667. The molecule has 186 valence electrons. The van der Waals surface area contributed by atoms with Crippen LogP contribution in [0.3, 0.4) is 0 Å².